The first-order chi connectivity index (χ1) is 16.0. The Hall–Kier alpha value is -3.91. The first-order valence-electron chi connectivity index (χ1n) is 10.0. The summed E-state index contributed by atoms with van der Waals surface area (Å²) in [6.45, 7) is 1.53. The van der Waals surface area contributed by atoms with Gasteiger partial charge in [-0.05, 0) is 25.1 Å². The molecule has 0 saturated carbocycles. The number of rotatable bonds is 7. The van der Waals surface area contributed by atoms with Crippen LogP contribution in [0.15, 0.2) is 47.4 Å². The minimum absolute atomic E-state index is 0.00246. The third-order valence-corrected chi connectivity index (χ3v) is 7.01. The summed E-state index contributed by atoms with van der Waals surface area (Å²) in [5, 5.41) is 22.0. The molecule has 13 nitrogen and oxygen atoms in total. The summed E-state index contributed by atoms with van der Waals surface area (Å²) >= 11 is 0. The molecule has 0 spiro atoms. The number of esters is 1. The van der Waals surface area contributed by atoms with E-state index in [1.807, 2.05) is 0 Å². The summed E-state index contributed by atoms with van der Waals surface area (Å²) in [6, 6.07) is 7.74. The maximum atomic E-state index is 13.0. The molecule has 2 aromatic rings. The largest absolute Gasteiger partial charge is 0.462 e. The van der Waals surface area contributed by atoms with Gasteiger partial charge in [0.2, 0.25) is 10.0 Å². The van der Waals surface area contributed by atoms with Crippen LogP contribution in [0.5, 0.6) is 0 Å². The van der Waals surface area contributed by atoms with Crippen LogP contribution in [0.25, 0.3) is 0 Å². The Balaban J connectivity index is 1.76. The number of non-ortho nitro benzene ring substituents is 2. The highest BCUT2D eigenvalue weighted by Crippen LogP contribution is 2.23. The molecular formula is C20H20N4O9S. The quantitative estimate of drug-likeness (QED) is 0.318. The summed E-state index contributed by atoms with van der Waals surface area (Å²) in [6.07, 6.45) is 0. The highest BCUT2D eigenvalue weighted by Gasteiger charge is 2.31. The first kappa shape index (κ1) is 24.7. The number of nitrogens with zero attached hydrogens (tertiary/aromatic N) is 4. The Morgan fingerprint density at radius 1 is 0.912 bits per heavy atom. The lowest BCUT2D eigenvalue weighted by molar-refractivity contribution is -0.385. The summed E-state index contributed by atoms with van der Waals surface area (Å²) < 4.78 is 31.7. The predicted molar refractivity (Wildman–Crippen MR) is 117 cm³/mol. The molecule has 1 heterocycles. The van der Waals surface area contributed by atoms with Crippen LogP contribution in [-0.2, 0) is 14.8 Å². The van der Waals surface area contributed by atoms with Crippen molar-refractivity contribution in [3.05, 3.63) is 73.8 Å². The minimum Gasteiger partial charge on any atom is -0.462 e. The molecule has 0 atom stereocenters. The molecule has 0 aliphatic carbocycles. The second-order valence-electron chi connectivity index (χ2n) is 7.19. The topological polar surface area (TPSA) is 170 Å². The second-order valence-corrected chi connectivity index (χ2v) is 9.13. The number of hydrogen-bond acceptors (Lipinski definition) is 9. The number of piperazine rings is 1. The Labute approximate surface area is 193 Å². The van der Waals surface area contributed by atoms with E-state index in [2.05, 4.69) is 0 Å². The minimum atomic E-state index is -3.94. The summed E-state index contributed by atoms with van der Waals surface area (Å²) in [4.78, 5) is 46.9. The predicted octanol–water partition coefficient (Wildman–Crippen LogP) is 1.83. The zero-order chi connectivity index (χ0) is 25.0. The van der Waals surface area contributed by atoms with E-state index in [1.54, 1.807) is 6.92 Å². The highest BCUT2D eigenvalue weighted by molar-refractivity contribution is 7.89. The van der Waals surface area contributed by atoms with E-state index in [-0.39, 0.29) is 54.5 Å². The van der Waals surface area contributed by atoms with Crippen LogP contribution in [0.2, 0.25) is 0 Å². The molecule has 14 heteroatoms. The lowest BCUT2D eigenvalue weighted by atomic mass is 10.1. The van der Waals surface area contributed by atoms with Gasteiger partial charge < -0.3 is 9.64 Å². The number of benzene rings is 2. The van der Waals surface area contributed by atoms with Crippen molar-refractivity contribution in [2.24, 2.45) is 0 Å². The average Bonchev–Trinajstić information content (AvgIpc) is 2.83. The van der Waals surface area contributed by atoms with E-state index in [0.29, 0.717) is 0 Å². The molecule has 0 aromatic heterocycles. The number of hydrogen-bond donors (Lipinski definition) is 0. The molecule has 1 amide bonds. The van der Waals surface area contributed by atoms with Crippen molar-refractivity contribution in [1.82, 2.24) is 9.21 Å². The van der Waals surface area contributed by atoms with Crippen LogP contribution >= 0.6 is 0 Å². The zero-order valence-corrected chi connectivity index (χ0v) is 18.8. The van der Waals surface area contributed by atoms with E-state index >= 15 is 0 Å². The van der Waals surface area contributed by atoms with Crippen molar-refractivity contribution >= 4 is 33.3 Å². The maximum Gasteiger partial charge on any atom is 0.338 e. The van der Waals surface area contributed by atoms with E-state index in [9.17, 15) is 38.2 Å². The van der Waals surface area contributed by atoms with Gasteiger partial charge in [0.1, 0.15) is 0 Å². The van der Waals surface area contributed by atoms with Crippen molar-refractivity contribution in [1.29, 1.82) is 0 Å². The van der Waals surface area contributed by atoms with Gasteiger partial charge in [-0.2, -0.15) is 4.31 Å². The van der Waals surface area contributed by atoms with Crippen molar-refractivity contribution in [3.8, 4) is 0 Å². The van der Waals surface area contributed by atoms with Gasteiger partial charge in [0.25, 0.3) is 17.3 Å². The number of carbonyl (C=O) groups excluding carboxylic acids is 2. The van der Waals surface area contributed by atoms with Crippen molar-refractivity contribution < 1.29 is 32.6 Å². The SMILES string of the molecule is CCOC(=O)c1cc(C(=O)N2CCN(S(=O)(=O)c3ccc([N+](=O)[O-])cc3)CC2)cc([N+](=O)[O-])c1. The van der Waals surface area contributed by atoms with Gasteiger partial charge >= 0.3 is 5.97 Å². The van der Waals surface area contributed by atoms with Crippen LogP contribution in [0.3, 0.4) is 0 Å². The van der Waals surface area contributed by atoms with E-state index in [4.69, 9.17) is 4.74 Å². The van der Waals surface area contributed by atoms with Crippen LogP contribution in [-0.4, -0.2) is 72.1 Å². The fourth-order valence-corrected chi connectivity index (χ4v) is 4.80. The molecule has 3 rings (SSSR count). The van der Waals surface area contributed by atoms with Gasteiger partial charge in [0, 0.05) is 56.0 Å². The average molecular weight is 492 g/mol. The Morgan fingerprint density at radius 3 is 2.00 bits per heavy atom. The van der Waals surface area contributed by atoms with E-state index in [0.717, 1.165) is 40.7 Å². The zero-order valence-electron chi connectivity index (χ0n) is 17.9. The lowest BCUT2D eigenvalue weighted by Crippen LogP contribution is -2.50. The maximum absolute atomic E-state index is 13.0. The van der Waals surface area contributed by atoms with Crippen LogP contribution in [0.1, 0.15) is 27.6 Å². The van der Waals surface area contributed by atoms with Crippen LogP contribution in [0, 0.1) is 20.2 Å². The summed E-state index contributed by atoms with van der Waals surface area (Å²) in [5.74, 6) is -1.40. The molecule has 0 unspecified atom stereocenters. The summed E-state index contributed by atoms with van der Waals surface area (Å²) in [5.41, 5.74) is -0.926. The number of amides is 1. The van der Waals surface area contributed by atoms with Gasteiger partial charge in [-0.1, -0.05) is 0 Å². The fourth-order valence-electron chi connectivity index (χ4n) is 3.38. The number of ether oxygens (including phenoxy) is 1. The Kier molecular flexibility index (Phi) is 7.22. The molecule has 1 fully saturated rings. The second kappa shape index (κ2) is 9.93. The number of nitro groups is 2. The molecule has 1 aliphatic rings. The fraction of sp³-hybridized carbons (Fsp3) is 0.300. The van der Waals surface area contributed by atoms with Gasteiger partial charge in [-0.15, -0.1) is 0 Å². The lowest BCUT2D eigenvalue weighted by Gasteiger charge is -2.34. The smallest absolute Gasteiger partial charge is 0.338 e. The third-order valence-electron chi connectivity index (χ3n) is 5.10. The van der Waals surface area contributed by atoms with Crippen LogP contribution < -0.4 is 0 Å². The molecule has 2 aromatic carbocycles. The Bertz CT molecular complexity index is 1240. The standard InChI is InChI=1S/C20H20N4O9S/c1-2-33-20(26)15-11-14(12-17(13-15)24(29)30)19(25)21-7-9-22(10-8-21)34(31,32)18-5-3-16(4-6-18)23(27)28/h3-6,11-13H,2,7-10H2,1H3. The molecule has 1 aliphatic heterocycles. The van der Waals surface area contributed by atoms with Crippen molar-refractivity contribution in [3.63, 3.8) is 0 Å². The molecular weight excluding hydrogens is 472 g/mol. The molecule has 0 radical (unpaired) electrons. The van der Waals surface area contributed by atoms with Gasteiger partial charge in [-0.25, -0.2) is 13.2 Å². The molecule has 0 bridgehead atoms. The van der Waals surface area contributed by atoms with Gasteiger partial charge in [0.15, 0.2) is 0 Å². The van der Waals surface area contributed by atoms with Gasteiger partial charge in [-0.3, -0.25) is 25.0 Å². The number of carbonyl (C=O) groups is 2. The molecule has 0 N–H and O–H groups in total. The Morgan fingerprint density at radius 2 is 1.47 bits per heavy atom. The van der Waals surface area contributed by atoms with Crippen LogP contribution in [0.4, 0.5) is 11.4 Å². The van der Waals surface area contributed by atoms with E-state index < -0.39 is 37.4 Å². The third kappa shape index (κ3) is 5.18. The first-order valence-corrected chi connectivity index (χ1v) is 11.5. The molecule has 34 heavy (non-hydrogen) atoms. The summed E-state index contributed by atoms with van der Waals surface area (Å²) in [7, 11) is -3.94. The molecule has 1 saturated heterocycles. The molecule has 180 valence electrons. The monoisotopic (exact) mass is 492 g/mol. The van der Waals surface area contributed by atoms with E-state index in [1.165, 1.54) is 11.0 Å². The normalized spacial score (nSPS) is 14.4. The number of sulfonamides is 1. The number of nitro benzene ring substituents is 2. The van der Waals surface area contributed by atoms with Crippen molar-refractivity contribution in [2.75, 3.05) is 32.8 Å². The highest BCUT2D eigenvalue weighted by atomic mass is 32.2. The van der Waals surface area contributed by atoms with Crippen molar-refractivity contribution in [2.45, 2.75) is 11.8 Å². The van der Waals surface area contributed by atoms with Gasteiger partial charge in [0.05, 0.1) is 26.9 Å².